The Balaban J connectivity index is 2.08. The van der Waals surface area contributed by atoms with Gasteiger partial charge in [0, 0.05) is 19.2 Å². The lowest BCUT2D eigenvalue weighted by molar-refractivity contribution is -0.386. The molecule has 2 heterocycles. The van der Waals surface area contributed by atoms with Gasteiger partial charge in [-0.05, 0) is 37.3 Å². The molecule has 0 unspecified atom stereocenters. The summed E-state index contributed by atoms with van der Waals surface area (Å²) >= 11 is 0. The van der Waals surface area contributed by atoms with Crippen LogP contribution in [-0.2, 0) is 19.7 Å². The second-order valence-corrected chi connectivity index (χ2v) is 8.32. The maximum atomic E-state index is 12.7. The molecule has 0 atom stereocenters. The SMILES string of the molecule is CCCCn1c(=O)[nH]c(=O)c2c1nc(COc1ccc(C)cc1[N+](=O)[O-])n2CCC(C)C. The van der Waals surface area contributed by atoms with E-state index in [1.54, 1.807) is 23.6 Å². The summed E-state index contributed by atoms with van der Waals surface area (Å²) in [6, 6.07) is 4.74. The molecule has 0 fully saturated rings. The number of ether oxygens (including phenoxy) is 1. The number of fused-ring (bicyclic) bond motifs is 1. The first kappa shape index (κ1) is 23.2. The van der Waals surface area contributed by atoms with Gasteiger partial charge < -0.3 is 9.30 Å². The van der Waals surface area contributed by atoms with Crippen LogP contribution in [0.3, 0.4) is 0 Å². The Morgan fingerprint density at radius 3 is 2.62 bits per heavy atom. The maximum Gasteiger partial charge on any atom is 0.330 e. The highest BCUT2D eigenvalue weighted by Gasteiger charge is 2.21. The molecule has 1 aromatic carbocycles. The molecule has 0 radical (unpaired) electrons. The molecule has 0 aliphatic heterocycles. The molecule has 0 aliphatic rings. The van der Waals surface area contributed by atoms with E-state index >= 15 is 0 Å². The van der Waals surface area contributed by atoms with Gasteiger partial charge in [-0.1, -0.05) is 33.3 Å². The zero-order valence-corrected chi connectivity index (χ0v) is 18.9. The predicted octanol–water partition coefficient (Wildman–Crippen LogP) is 3.53. The molecular weight excluding hydrogens is 414 g/mol. The Labute approximate surface area is 185 Å². The number of unbranched alkanes of at least 4 members (excludes halogenated alkanes) is 1. The number of H-pyrrole nitrogens is 1. The van der Waals surface area contributed by atoms with E-state index in [0.717, 1.165) is 24.8 Å². The number of nitro groups is 1. The average Bonchev–Trinajstić information content (AvgIpc) is 3.09. The standard InChI is InChI=1S/C22H29N5O5/c1-5-6-10-26-20-19(21(28)24-22(26)29)25(11-9-14(2)3)18(23-20)13-32-17-8-7-15(4)12-16(17)27(30)31/h7-8,12,14H,5-6,9-11,13H2,1-4H3,(H,24,28,29). The van der Waals surface area contributed by atoms with E-state index in [1.165, 1.54) is 10.6 Å². The Hall–Kier alpha value is -3.43. The molecule has 0 saturated carbocycles. The Morgan fingerprint density at radius 2 is 1.97 bits per heavy atom. The second-order valence-electron chi connectivity index (χ2n) is 8.32. The summed E-state index contributed by atoms with van der Waals surface area (Å²) in [6.07, 6.45) is 2.44. The van der Waals surface area contributed by atoms with Gasteiger partial charge in [-0.25, -0.2) is 9.78 Å². The summed E-state index contributed by atoms with van der Waals surface area (Å²) in [5, 5.41) is 11.4. The lowest BCUT2D eigenvalue weighted by Gasteiger charge is -2.12. The van der Waals surface area contributed by atoms with Crippen molar-refractivity contribution in [1.82, 2.24) is 19.1 Å². The Morgan fingerprint density at radius 1 is 1.22 bits per heavy atom. The van der Waals surface area contributed by atoms with Gasteiger partial charge in [0.15, 0.2) is 16.9 Å². The molecular formula is C22H29N5O5. The molecule has 10 nitrogen and oxygen atoms in total. The number of nitrogens with one attached hydrogen (secondary N) is 1. The summed E-state index contributed by atoms with van der Waals surface area (Å²) < 4.78 is 9.02. The van der Waals surface area contributed by atoms with Crippen molar-refractivity contribution in [2.24, 2.45) is 5.92 Å². The molecule has 10 heteroatoms. The van der Waals surface area contributed by atoms with E-state index in [2.05, 4.69) is 23.8 Å². The lowest BCUT2D eigenvalue weighted by Crippen LogP contribution is -2.31. The van der Waals surface area contributed by atoms with Crippen molar-refractivity contribution >= 4 is 16.9 Å². The average molecular weight is 444 g/mol. The minimum absolute atomic E-state index is 0.0713. The first-order chi connectivity index (χ1) is 15.2. The zero-order chi connectivity index (χ0) is 23.4. The number of aromatic nitrogens is 4. The number of benzene rings is 1. The van der Waals surface area contributed by atoms with Crippen molar-refractivity contribution in [1.29, 1.82) is 0 Å². The van der Waals surface area contributed by atoms with Crippen LogP contribution in [0, 0.1) is 23.0 Å². The van der Waals surface area contributed by atoms with Crippen LogP contribution in [-0.4, -0.2) is 24.0 Å². The summed E-state index contributed by atoms with van der Waals surface area (Å²) in [5.74, 6) is 0.946. The van der Waals surface area contributed by atoms with Crippen molar-refractivity contribution in [3.63, 3.8) is 0 Å². The van der Waals surface area contributed by atoms with Crippen molar-refractivity contribution in [3.05, 3.63) is 60.5 Å². The number of hydrogen-bond donors (Lipinski definition) is 1. The number of rotatable bonds is 10. The fourth-order valence-electron chi connectivity index (χ4n) is 3.51. The van der Waals surface area contributed by atoms with Crippen LogP contribution in [0.5, 0.6) is 5.75 Å². The van der Waals surface area contributed by atoms with Crippen LogP contribution >= 0.6 is 0 Å². The number of aromatic amines is 1. The molecule has 0 aliphatic carbocycles. The van der Waals surface area contributed by atoms with Gasteiger partial charge in [-0.15, -0.1) is 0 Å². The molecule has 2 aromatic heterocycles. The van der Waals surface area contributed by atoms with Gasteiger partial charge in [-0.2, -0.15) is 0 Å². The molecule has 3 aromatic rings. The Kier molecular flexibility index (Phi) is 7.12. The van der Waals surface area contributed by atoms with Crippen LogP contribution in [0.4, 0.5) is 5.69 Å². The van der Waals surface area contributed by atoms with Crippen LogP contribution < -0.4 is 16.0 Å². The first-order valence-electron chi connectivity index (χ1n) is 10.8. The molecule has 32 heavy (non-hydrogen) atoms. The normalized spacial score (nSPS) is 11.4. The monoisotopic (exact) mass is 443 g/mol. The van der Waals surface area contributed by atoms with Gasteiger partial charge in [0.1, 0.15) is 12.4 Å². The summed E-state index contributed by atoms with van der Waals surface area (Å²) in [4.78, 5) is 43.0. The van der Waals surface area contributed by atoms with Gasteiger partial charge in [0.25, 0.3) is 5.56 Å². The molecule has 172 valence electrons. The van der Waals surface area contributed by atoms with Gasteiger partial charge in [0.2, 0.25) is 0 Å². The van der Waals surface area contributed by atoms with Crippen LogP contribution in [0.2, 0.25) is 0 Å². The van der Waals surface area contributed by atoms with Gasteiger partial charge in [-0.3, -0.25) is 24.5 Å². The number of hydrogen-bond acceptors (Lipinski definition) is 6. The molecule has 3 rings (SSSR count). The third-order valence-electron chi connectivity index (χ3n) is 5.30. The number of imidazole rings is 1. The number of nitrogens with zero attached hydrogens (tertiary/aromatic N) is 4. The van der Waals surface area contributed by atoms with E-state index in [9.17, 15) is 19.7 Å². The van der Waals surface area contributed by atoms with Crippen LogP contribution in [0.25, 0.3) is 11.2 Å². The van der Waals surface area contributed by atoms with Crippen molar-refractivity contribution in [2.45, 2.75) is 66.7 Å². The van der Waals surface area contributed by atoms with Gasteiger partial charge >= 0.3 is 11.4 Å². The number of aryl methyl sites for hydroxylation is 3. The van der Waals surface area contributed by atoms with E-state index in [1.807, 2.05) is 6.92 Å². The predicted molar refractivity (Wildman–Crippen MR) is 121 cm³/mol. The fourth-order valence-corrected chi connectivity index (χ4v) is 3.51. The highest BCUT2D eigenvalue weighted by atomic mass is 16.6. The molecule has 0 amide bonds. The van der Waals surface area contributed by atoms with Crippen LogP contribution in [0.15, 0.2) is 27.8 Å². The van der Waals surface area contributed by atoms with E-state index < -0.39 is 16.2 Å². The topological polar surface area (TPSA) is 125 Å². The van der Waals surface area contributed by atoms with Crippen LogP contribution in [0.1, 0.15) is 51.4 Å². The smallest absolute Gasteiger partial charge is 0.330 e. The van der Waals surface area contributed by atoms with E-state index in [4.69, 9.17) is 4.74 Å². The summed E-state index contributed by atoms with van der Waals surface area (Å²) in [7, 11) is 0. The summed E-state index contributed by atoms with van der Waals surface area (Å²) in [6.45, 7) is 8.81. The third-order valence-corrected chi connectivity index (χ3v) is 5.30. The van der Waals surface area contributed by atoms with E-state index in [-0.39, 0.29) is 18.0 Å². The zero-order valence-electron chi connectivity index (χ0n) is 18.9. The minimum atomic E-state index is -0.499. The largest absolute Gasteiger partial charge is 0.479 e. The molecule has 0 spiro atoms. The second kappa shape index (κ2) is 9.80. The fraction of sp³-hybridized carbons (Fsp3) is 0.500. The Bertz CT molecular complexity index is 1240. The minimum Gasteiger partial charge on any atom is -0.479 e. The summed E-state index contributed by atoms with van der Waals surface area (Å²) in [5.41, 5.74) is 0.256. The highest BCUT2D eigenvalue weighted by molar-refractivity contribution is 5.71. The van der Waals surface area contributed by atoms with E-state index in [0.29, 0.717) is 36.0 Å². The van der Waals surface area contributed by atoms with Crippen molar-refractivity contribution < 1.29 is 9.66 Å². The molecule has 1 N–H and O–H groups in total. The van der Waals surface area contributed by atoms with Crippen molar-refractivity contribution in [3.8, 4) is 5.75 Å². The highest BCUT2D eigenvalue weighted by Crippen LogP contribution is 2.28. The molecule has 0 saturated heterocycles. The third kappa shape index (κ3) is 4.90. The lowest BCUT2D eigenvalue weighted by atomic mass is 10.1. The first-order valence-corrected chi connectivity index (χ1v) is 10.8. The molecule has 0 bridgehead atoms. The maximum absolute atomic E-state index is 12.7. The van der Waals surface area contributed by atoms with Crippen molar-refractivity contribution in [2.75, 3.05) is 0 Å². The number of nitro benzene ring substituents is 1. The quantitative estimate of drug-likeness (QED) is 0.377. The van der Waals surface area contributed by atoms with Gasteiger partial charge in [0.05, 0.1) is 4.92 Å².